The van der Waals surface area contributed by atoms with Crippen molar-refractivity contribution in [1.29, 1.82) is 0 Å². The second-order valence-corrected chi connectivity index (χ2v) is 4.62. The molecule has 2 aromatic rings. The molecule has 0 saturated heterocycles. The van der Waals surface area contributed by atoms with E-state index in [1.165, 1.54) is 6.07 Å². The Hall–Kier alpha value is -2.76. The molecular formula is C15H13NO5. The van der Waals surface area contributed by atoms with Crippen molar-refractivity contribution in [2.45, 2.75) is 13.5 Å². The predicted molar refractivity (Wildman–Crippen MR) is 74.7 cm³/mol. The molecule has 1 aliphatic rings. The van der Waals surface area contributed by atoms with Gasteiger partial charge in [-0.2, -0.15) is 0 Å². The summed E-state index contributed by atoms with van der Waals surface area (Å²) >= 11 is 0. The zero-order valence-corrected chi connectivity index (χ0v) is 11.4. The largest absolute Gasteiger partial charge is 0.489 e. The van der Waals surface area contributed by atoms with Gasteiger partial charge < -0.3 is 14.2 Å². The molecule has 0 unspecified atom stereocenters. The van der Waals surface area contributed by atoms with Crippen LogP contribution in [0, 0.1) is 17.0 Å². The van der Waals surface area contributed by atoms with E-state index in [9.17, 15) is 10.1 Å². The highest BCUT2D eigenvalue weighted by Gasteiger charge is 2.15. The number of ether oxygens (including phenoxy) is 3. The van der Waals surface area contributed by atoms with Gasteiger partial charge in [0.2, 0.25) is 6.79 Å². The van der Waals surface area contributed by atoms with Crippen molar-refractivity contribution in [3.05, 3.63) is 57.6 Å². The minimum absolute atomic E-state index is 0.0989. The van der Waals surface area contributed by atoms with E-state index in [0.29, 0.717) is 22.8 Å². The summed E-state index contributed by atoms with van der Waals surface area (Å²) in [5.41, 5.74) is 1.49. The van der Waals surface area contributed by atoms with Crippen molar-refractivity contribution >= 4 is 5.69 Å². The van der Waals surface area contributed by atoms with Crippen LogP contribution in [0.15, 0.2) is 36.4 Å². The minimum atomic E-state index is -0.389. The molecule has 0 spiro atoms. The molecule has 6 nitrogen and oxygen atoms in total. The third-order valence-corrected chi connectivity index (χ3v) is 3.35. The minimum Gasteiger partial charge on any atom is -0.489 e. The molecule has 1 heterocycles. The standard InChI is InChI=1S/C15H13NO5/c1-10-11(3-2-4-13(10)16(17)18)8-19-12-5-6-14-15(7-12)21-9-20-14/h2-7H,8-9H2,1H3. The second kappa shape index (κ2) is 5.32. The molecule has 3 rings (SSSR count). The molecular weight excluding hydrogens is 274 g/mol. The van der Waals surface area contributed by atoms with Crippen molar-refractivity contribution in [3.63, 3.8) is 0 Å². The molecule has 0 N–H and O–H groups in total. The molecule has 0 radical (unpaired) electrons. The maximum atomic E-state index is 10.9. The van der Waals surface area contributed by atoms with Gasteiger partial charge in [0.15, 0.2) is 11.5 Å². The van der Waals surface area contributed by atoms with Crippen LogP contribution in [0.5, 0.6) is 17.2 Å². The molecule has 21 heavy (non-hydrogen) atoms. The lowest BCUT2D eigenvalue weighted by atomic mass is 10.1. The van der Waals surface area contributed by atoms with Crippen LogP contribution in [-0.4, -0.2) is 11.7 Å². The first kappa shape index (κ1) is 13.2. The van der Waals surface area contributed by atoms with E-state index >= 15 is 0 Å². The topological polar surface area (TPSA) is 70.8 Å². The third kappa shape index (κ3) is 2.60. The van der Waals surface area contributed by atoms with E-state index in [4.69, 9.17) is 14.2 Å². The van der Waals surface area contributed by atoms with Crippen molar-refractivity contribution in [2.24, 2.45) is 0 Å². The molecule has 1 aliphatic heterocycles. The van der Waals surface area contributed by atoms with Gasteiger partial charge in [0, 0.05) is 17.7 Å². The van der Waals surface area contributed by atoms with E-state index in [-0.39, 0.29) is 24.0 Å². The Bertz CT molecular complexity index is 698. The summed E-state index contributed by atoms with van der Waals surface area (Å²) in [6, 6.07) is 10.3. The van der Waals surface area contributed by atoms with E-state index < -0.39 is 0 Å². The maximum Gasteiger partial charge on any atom is 0.272 e. The van der Waals surface area contributed by atoms with Crippen LogP contribution in [0.1, 0.15) is 11.1 Å². The Morgan fingerprint density at radius 2 is 2.05 bits per heavy atom. The fourth-order valence-electron chi connectivity index (χ4n) is 2.15. The van der Waals surface area contributed by atoms with Crippen LogP contribution in [0.2, 0.25) is 0 Å². The lowest BCUT2D eigenvalue weighted by Crippen LogP contribution is -2.01. The highest BCUT2D eigenvalue weighted by molar-refractivity contribution is 5.47. The average Bonchev–Trinajstić information content (AvgIpc) is 2.93. The van der Waals surface area contributed by atoms with E-state index in [1.54, 1.807) is 31.2 Å². The van der Waals surface area contributed by atoms with Gasteiger partial charge >= 0.3 is 0 Å². The average molecular weight is 287 g/mol. The second-order valence-electron chi connectivity index (χ2n) is 4.62. The van der Waals surface area contributed by atoms with Crippen LogP contribution in [0.25, 0.3) is 0 Å². The number of rotatable bonds is 4. The van der Waals surface area contributed by atoms with Crippen molar-refractivity contribution < 1.29 is 19.1 Å². The zero-order chi connectivity index (χ0) is 14.8. The number of benzene rings is 2. The molecule has 0 aliphatic carbocycles. The highest BCUT2D eigenvalue weighted by Crippen LogP contribution is 2.35. The number of hydrogen-bond acceptors (Lipinski definition) is 5. The number of nitro groups is 1. The van der Waals surface area contributed by atoms with Crippen LogP contribution in [0.3, 0.4) is 0 Å². The van der Waals surface area contributed by atoms with Gasteiger partial charge in [-0.3, -0.25) is 10.1 Å². The lowest BCUT2D eigenvalue weighted by Gasteiger charge is -2.09. The molecule has 0 atom stereocenters. The monoisotopic (exact) mass is 287 g/mol. The molecule has 2 aromatic carbocycles. The van der Waals surface area contributed by atoms with Gasteiger partial charge in [-0.05, 0) is 24.6 Å². The molecule has 0 amide bonds. The maximum absolute atomic E-state index is 10.9. The first-order valence-electron chi connectivity index (χ1n) is 6.40. The van der Waals surface area contributed by atoms with Gasteiger partial charge in [-0.1, -0.05) is 12.1 Å². The number of nitrogens with zero attached hydrogens (tertiary/aromatic N) is 1. The van der Waals surface area contributed by atoms with Crippen molar-refractivity contribution in [1.82, 2.24) is 0 Å². The molecule has 6 heteroatoms. The Balaban J connectivity index is 1.76. The molecule has 0 fully saturated rings. The van der Waals surface area contributed by atoms with Gasteiger partial charge in [0.1, 0.15) is 12.4 Å². The van der Waals surface area contributed by atoms with Gasteiger partial charge in [0.25, 0.3) is 5.69 Å². The first-order valence-corrected chi connectivity index (χ1v) is 6.40. The van der Waals surface area contributed by atoms with Gasteiger partial charge in [0.05, 0.1) is 4.92 Å². The Labute approximate surface area is 121 Å². The highest BCUT2D eigenvalue weighted by atomic mass is 16.7. The summed E-state index contributed by atoms with van der Waals surface area (Å²) in [5, 5.41) is 10.9. The number of fused-ring (bicyclic) bond motifs is 1. The summed E-state index contributed by atoms with van der Waals surface area (Å²) in [5.74, 6) is 1.96. The summed E-state index contributed by atoms with van der Waals surface area (Å²) in [6.45, 7) is 2.19. The normalized spacial score (nSPS) is 12.2. The van der Waals surface area contributed by atoms with E-state index in [0.717, 1.165) is 5.56 Å². The summed E-state index contributed by atoms with van der Waals surface area (Å²) in [6.07, 6.45) is 0. The SMILES string of the molecule is Cc1c(COc2ccc3c(c2)OCO3)cccc1[N+](=O)[O-]. The quantitative estimate of drug-likeness (QED) is 0.638. The van der Waals surface area contributed by atoms with Crippen LogP contribution < -0.4 is 14.2 Å². The molecule has 0 aromatic heterocycles. The summed E-state index contributed by atoms with van der Waals surface area (Å²) in [7, 11) is 0. The molecule has 0 saturated carbocycles. The smallest absolute Gasteiger partial charge is 0.272 e. The van der Waals surface area contributed by atoms with Crippen LogP contribution in [0.4, 0.5) is 5.69 Å². The van der Waals surface area contributed by atoms with E-state index in [1.807, 2.05) is 6.07 Å². The van der Waals surface area contributed by atoms with Crippen LogP contribution in [-0.2, 0) is 6.61 Å². The number of nitro benzene ring substituents is 1. The predicted octanol–water partition coefficient (Wildman–Crippen LogP) is 3.21. The fourth-order valence-corrected chi connectivity index (χ4v) is 2.15. The first-order chi connectivity index (χ1) is 10.1. The van der Waals surface area contributed by atoms with Crippen LogP contribution >= 0.6 is 0 Å². The van der Waals surface area contributed by atoms with Crippen molar-refractivity contribution in [3.8, 4) is 17.2 Å². The zero-order valence-electron chi connectivity index (χ0n) is 11.4. The molecule has 0 bridgehead atoms. The lowest BCUT2D eigenvalue weighted by molar-refractivity contribution is -0.385. The number of hydrogen-bond donors (Lipinski definition) is 0. The summed E-state index contributed by atoms with van der Waals surface area (Å²) in [4.78, 5) is 10.5. The van der Waals surface area contributed by atoms with Crippen molar-refractivity contribution in [2.75, 3.05) is 6.79 Å². The van der Waals surface area contributed by atoms with Gasteiger partial charge in [-0.15, -0.1) is 0 Å². The Morgan fingerprint density at radius 3 is 2.86 bits per heavy atom. The van der Waals surface area contributed by atoms with Gasteiger partial charge in [-0.25, -0.2) is 0 Å². The Morgan fingerprint density at radius 1 is 1.24 bits per heavy atom. The fraction of sp³-hybridized carbons (Fsp3) is 0.200. The van der Waals surface area contributed by atoms with E-state index in [2.05, 4.69) is 0 Å². The third-order valence-electron chi connectivity index (χ3n) is 3.35. The summed E-state index contributed by atoms with van der Waals surface area (Å²) < 4.78 is 16.2. The molecule has 108 valence electrons. The Kier molecular flexibility index (Phi) is 3.35.